The van der Waals surface area contributed by atoms with Crippen LogP contribution in [-0.2, 0) is 29.5 Å². The minimum Gasteiger partial charge on any atom is -0.325 e. The fourth-order valence-corrected chi connectivity index (χ4v) is 10.2. The van der Waals surface area contributed by atoms with E-state index in [0.717, 1.165) is 47.1 Å². The van der Waals surface area contributed by atoms with Gasteiger partial charge in [-0.15, -0.1) is 11.3 Å². The molecule has 8 rings (SSSR count). The molecule has 0 atom stereocenters. The number of fused-ring (bicyclic) bond motifs is 3. The number of nitrogens with one attached hydrogen (secondary N) is 1. The van der Waals surface area contributed by atoms with E-state index in [1.165, 1.54) is 84.0 Å². The molecule has 1 amide bonds. The van der Waals surface area contributed by atoms with Gasteiger partial charge >= 0.3 is 0 Å². The maximum absolute atomic E-state index is 12.9. The Hall–Kier alpha value is -1.92. The standard InChI is InChI=1S/C30H35N3OS2/c1-2-18-7-9-22(10-8-18)31-25(34)17-35-27-26-23-5-3-4-6-24(23)36-28(26)33-29(32-27)30-14-19-11-20(15-30)13-21(12-19)16-30/h7-10,19-21H,2-6,11-17H2,1H3,(H,31,34). The van der Waals surface area contributed by atoms with E-state index in [9.17, 15) is 4.79 Å². The number of thioether (sulfide) groups is 1. The minimum atomic E-state index is 0.0384. The highest BCUT2D eigenvalue weighted by atomic mass is 32.2. The van der Waals surface area contributed by atoms with E-state index < -0.39 is 0 Å². The summed E-state index contributed by atoms with van der Waals surface area (Å²) in [6, 6.07) is 8.19. The molecule has 36 heavy (non-hydrogen) atoms. The van der Waals surface area contributed by atoms with Crippen molar-refractivity contribution in [3.05, 3.63) is 46.1 Å². The van der Waals surface area contributed by atoms with Crippen LogP contribution in [0.3, 0.4) is 0 Å². The monoisotopic (exact) mass is 517 g/mol. The van der Waals surface area contributed by atoms with Crippen LogP contribution < -0.4 is 5.32 Å². The summed E-state index contributed by atoms with van der Waals surface area (Å²) >= 11 is 3.53. The summed E-state index contributed by atoms with van der Waals surface area (Å²) in [7, 11) is 0. The fraction of sp³-hybridized carbons (Fsp3) is 0.567. The first-order chi connectivity index (χ1) is 17.6. The van der Waals surface area contributed by atoms with Crippen molar-refractivity contribution in [2.45, 2.75) is 88.0 Å². The van der Waals surface area contributed by atoms with Gasteiger partial charge in [-0.05, 0) is 112 Å². The van der Waals surface area contributed by atoms with Gasteiger partial charge in [0.1, 0.15) is 15.7 Å². The molecule has 2 aromatic heterocycles. The van der Waals surface area contributed by atoms with Gasteiger partial charge in [-0.1, -0.05) is 30.8 Å². The Morgan fingerprint density at radius 2 is 1.72 bits per heavy atom. The third kappa shape index (κ3) is 4.09. The van der Waals surface area contributed by atoms with Gasteiger partial charge in [0.05, 0.1) is 5.75 Å². The summed E-state index contributed by atoms with van der Waals surface area (Å²) in [5.41, 5.74) is 3.79. The number of hydrogen-bond acceptors (Lipinski definition) is 5. The van der Waals surface area contributed by atoms with Crippen LogP contribution in [0.5, 0.6) is 0 Å². The summed E-state index contributed by atoms with van der Waals surface area (Å²) in [5, 5.41) is 5.41. The maximum atomic E-state index is 12.9. The summed E-state index contributed by atoms with van der Waals surface area (Å²) in [5.74, 6) is 4.13. The number of carbonyl (C=O) groups is 1. The maximum Gasteiger partial charge on any atom is 0.234 e. The highest BCUT2D eigenvalue weighted by molar-refractivity contribution is 8.00. The average molecular weight is 518 g/mol. The van der Waals surface area contributed by atoms with Gasteiger partial charge < -0.3 is 5.32 Å². The summed E-state index contributed by atoms with van der Waals surface area (Å²) in [4.78, 5) is 26.3. The van der Waals surface area contributed by atoms with E-state index in [0.29, 0.717) is 5.75 Å². The van der Waals surface area contributed by atoms with Gasteiger partial charge in [-0.2, -0.15) is 0 Å². The zero-order valence-electron chi connectivity index (χ0n) is 21.1. The number of benzene rings is 1. The van der Waals surface area contributed by atoms with Crippen molar-refractivity contribution in [1.82, 2.24) is 9.97 Å². The number of rotatable bonds is 6. The van der Waals surface area contributed by atoms with Gasteiger partial charge in [-0.3, -0.25) is 4.79 Å². The lowest BCUT2D eigenvalue weighted by Gasteiger charge is -2.56. The summed E-state index contributed by atoms with van der Waals surface area (Å²) in [6.45, 7) is 2.15. The molecule has 1 N–H and O–H groups in total. The van der Waals surface area contributed by atoms with Crippen molar-refractivity contribution in [3.63, 3.8) is 0 Å². The number of nitrogens with zero attached hydrogens (tertiary/aromatic N) is 2. The lowest BCUT2D eigenvalue weighted by atomic mass is 9.49. The number of carbonyl (C=O) groups excluding carboxylic acids is 1. The molecular formula is C30H35N3OS2. The first-order valence-electron chi connectivity index (χ1n) is 13.9. The predicted molar refractivity (Wildman–Crippen MR) is 149 cm³/mol. The molecule has 0 radical (unpaired) electrons. The van der Waals surface area contributed by atoms with Crippen LogP contribution in [0.2, 0.25) is 0 Å². The zero-order chi connectivity index (χ0) is 24.3. The molecule has 0 unspecified atom stereocenters. The lowest BCUT2D eigenvalue weighted by Crippen LogP contribution is -2.49. The van der Waals surface area contributed by atoms with Crippen molar-refractivity contribution in [3.8, 4) is 0 Å². The molecule has 2 heterocycles. The van der Waals surface area contributed by atoms with Crippen molar-refractivity contribution in [2.75, 3.05) is 11.1 Å². The Balaban J connectivity index is 1.20. The Labute approximate surface area is 222 Å². The SMILES string of the molecule is CCc1ccc(NC(=O)CSc2nc(C34CC5CC(CC(C5)C3)C4)nc3sc4c(c23)CCCC4)cc1. The van der Waals surface area contributed by atoms with Crippen molar-refractivity contribution < 1.29 is 4.79 Å². The van der Waals surface area contributed by atoms with Gasteiger partial charge in [-0.25, -0.2) is 9.97 Å². The smallest absolute Gasteiger partial charge is 0.234 e. The Bertz CT molecular complexity index is 1280. The molecule has 3 aromatic rings. The largest absolute Gasteiger partial charge is 0.325 e. The van der Waals surface area contributed by atoms with Crippen molar-refractivity contribution in [2.24, 2.45) is 17.8 Å². The topological polar surface area (TPSA) is 54.9 Å². The molecular weight excluding hydrogens is 482 g/mol. The molecule has 6 heteroatoms. The van der Waals surface area contributed by atoms with Crippen LogP contribution >= 0.6 is 23.1 Å². The van der Waals surface area contributed by atoms with Crippen LogP contribution in [0.1, 0.15) is 80.1 Å². The second-order valence-corrected chi connectivity index (χ2v) is 13.9. The van der Waals surface area contributed by atoms with Crippen LogP contribution in [0.4, 0.5) is 5.69 Å². The Morgan fingerprint density at radius 3 is 2.42 bits per heavy atom. The molecule has 4 saturated carbocycles. The average Bonchev–Trinajstić information content (AvgIpc) is 3.26. The second-order valence-electron chi connectivity index (χ2n) is 11.8. The number of amides is 1. The molecule has 4 bridgehead atoms. The lowest BCUT2D eigenvalue weighted by molar-refractivity contribution is -0.113. The quantitative estimate of drug-likeness (QED) is 0.275. The Kier molecular flexibility index (Phi) is 5.88. The minimum absolute atomic E-state index is 0.0384. The van der Waals surface area contributed by atoms with Gasteiger partial charge in [0.2, 0.25) is 5.91 Å². The fourth-order valence-electron chi connectivity index (χ4n) is 8.00. The molecule has 5 aliphatic carbocycles. The number of anilines is 1. The number of aromatic nitrogens is 2. The van der Waals surface area contributed by atoms with Crippen molar-refractivity contribution in [1.29, 1.82) is 0 Å². The van der Waals surface area contributed by atoms with Crippen LogP contribution in [0, 0.1) is 17.8 Å². The molecule has 0 saturated heterocycles. The zero-order valence-corrected chi connectivity index (χ0v) is 22.8. The molecule has 188 valence electrons. The van der Waals surface area contributed by atoms with Gasteiger partial charge in [0.15, 0.2) is 0 Å². The van der Waals surface area contributed by atoms with Crippen LogP contribution in [-0.4, -0.2) is 21.6 Å². The third-order valence-corrected chi connectivity index (χ3v) is 11.4. The summed E-state index contributed by atoms with van der Waals surface area (Å²) < 4.78 is 0. The summed E-state index contributed by atoms with van der Waals surface area (Å²) in [6.07, 6.45) is 13.9. The second kappa shape index (κ2) is 9.13. The van der Waals surface area contributed by atoms with E-state index in [-0.39, 0.29) is 11.3 Å². The molecule has 4 nitrogen and oxygen atoms in total. The number of hydrogen-bond donors (Lipinski definition) is 1. The first kappa shape index (κ1) is 23.2. The Morgan fingerprint density at radius 1 is 1.03 bits per heavy atom. The normalized spacial score (nSPS) is 28.4. The van der Waals surface area contributed by atoms with E-state index in [4.69, 9.17) is 9.97 Å². The highest BCUT2D eigenvalue weighted by Gasteiger charge is 2.53. The van der Waals surface area contributed by atoms with Crippen LogP contribution in [0.15, 0.2) is 29.3 Å². The molecule has 0 aliphatic heterocycles. The van der Waals surface area contributed by atoms with E-state index >= 15 is 0 Å². The van der Waals surface area contributed by atoms with E-state index in [2.05, 4.69) is 24.4 Å². The number of aryl methyl sites for hydroxylation is 3. The molecule has 5 aliphatic rings. The molecule has 4 fully saturated rings. The third-order valence-electron chi connectivity index (χ3n) is 9.28. The van der Waals surface area contributed by atoms with E-state index in [1.54, 1.807) is 11.8 Å². The predicted octanol–water partition coefficient (Wildman–Crippen LogP) is 7.33. The van der Waals surface area contributed by atoms with Crippen LogP contribution in [0.25, 0.3) is 10.2 Å². The van der Waals surface area contributed by atoms with E-state index in [1.807, 2.05) is 23.5 Å². The van der Waals surface area contributed by atoms with Gasteiger partial charge in [0.25, 0.3) is 0 Å². The first-order valence-corrected chi connectivity index (χ1v) is 15.7. The highest BCUT2D eigenvalue weighted by Crippen LogP contribution is 2.60. The number of thiophene rings is 1. The van der Waals surface area contributed by atoms with Gasteiger partial charge in [0, 0.05) is 21.4 Å². The molecule has 0 spiro atoms. The molecule has 1 aromatic carbocycles. The van der Waals surface area contributed by atoms with Crippen molar-refractivity contribution >= 4 is 44.9 Å².